The highest BCUT2D eigenvalue weighted by Crippen LogP contribution is 2.31. The first-order valence-electron chi connectivity index (χ1n) is 6.61. The summed E-state index contributed by atoms with van der Waals surface area (Å²) in [6.45, 7) is 2.63. The Morgan fingerprint density at radius 1 is 1.21 bits per heavy atom. The van der Waals surface area contributed by atoms with Crippen LogP contribution in [0, 0.1) is 0 Å². The number of carbonyl (C=O) groups is 1. The van der Waals surface area contributed by atoms with E-state index in [0.29, 0.717) is 37.6 Å². The molecule has 5 nitrogen and oxygen atoms in total. The summed E-state index contributed by atoms with van der Waals surface area (Å²) in [7, 11) is 0. The summed E-state index contributed by atoms with van der Waals surface area (Å²) in [5.74, 6) is -0.410. The highest BCUT2D eigenvalue weighted by molar-refractivity contribution is 5.95. The molecule has 2 fully saturated rings. The van der Waals surface area contributed by atoms with Crippen molar-refractivity contribution >= 4 is 11.6 Å². The summed E-state index contributed by atoms with van der Waals surface area (Å²) in [6, 6.07) is 7.10. The number of nitrogen functional groups attached to an aromatic ring is 1. The van der Waals surface area contributed by atoms with Crippen molar-refractivity contribution in [2.45, 2.75) is 18.6 Å². The van der Waals surface area contributed by atoms with Crippen molar-refractivity contribution in [1.82, 2.24) is 4.90 Å². The summed E-state index contributed by atoms with van der Waals surface area (Å²) in [4.78, 5) is 14.2. The van der Waals surface area contributed by atoms with E-state index in [0.717, 1.165) is 12.8 Å². The molecule has 1 spiro atoms. The molecule has 1 amide bonds. The lowest BCUT2D eigenvalue weighted by atomic mass is 10.0. The predicted octanol–water partition coefficient (Wildman–Crippen LogP) is 1.25. The van der Waals surface area contributed by atoms with Gasteiger partial charge in [-0.05, 0) is 18.2 Å². The number of ether oxygens (including phenoxy) is 2. The lowest BCUT2D eigenvalue weighted by Crippen LogP contribution is -2.47. The molecule has 3 rings (SSSR count). The number of hydrogen-bond donors (Lipinski definition) is 1. The number of likely N-dealkylation sites (tertiary alicyclic amines) is 1. The molecule has 0 aliphatic carbocycles. The normalized spacial score (nSPS) is 21.8. The Balaban J connectivity index is 1.66. The van der Waals surface area contributed by atoms with Crippen LogP contribution in [0.1, 0.15) is 23.2 Å². The van der Waals surface area contributed by atoms with E-state index in [1.165, 1.54) is 0 Å². The Bertz CT molecular complexity index is 473. The second-order valence-electron chi connectivity index (χ2n) is 5.03. The van der Waals surface area contributed by atoms with E-state index in [4.69, 9.17) is 15.2 Å². The molecule has 0 unspecified atom stereocenters. The van der Waals surface area contributed by atoms with Crippen LogP contribution in [0.4, 0.5) is 5.69 Å². The van der Waals surface area contributed by atoms with Gasteiger partial charge in [-0.15, -0.1) is 0 Å². The fourth-order valence-corrected chi connectivity index (χ4v) is 2.69. The molecule has 2 saturated heterocycles. The van der Waals surface area contributed by atoms with Crippen molar-refractivity contribution in [3.05, 3.63) is 29.8 Å². The number of piperidine rings is 1. The number of carbonyl (C=O) groups excluding carboxylic acids is 1. The van der Waals surface area contributed by atoms with Gasteiger partial charge in [0.05, 0.1) is 13.2 Å². The van der Waals surface area contributed by atoms with Crippen LogP contribution in [0.5, 0.6) is 0 Å². The second-order valence-corrected chi connectivity index (χ2v) is 5.03. The Kier molecular flexibility index (Phi) is 3.16. The third-order valence-electron chi connectivity index (χ3n) is 3.76. The molecule has 1 aromatic rings. The summed E-state index contributed by atoms with van der Waals surface area (Å²) in [5.41, 5.74) is 6.97. The zero-order chi connectivity index (χ0) is 13.3. The average molecular weight is 262 g/mol. The Morgan fingerprint density at radius 3 is 2.53 bits per heavy atom. The van der Waals surface area contributed by atoms with E-state index in [-0.39, 0.29) is 5.91 Å². The van der Waals surface area contributed by atoms with Crippen LogP contribution in [0.15, 0.2) is 24.3 Å². The van der Waals surface area contributed by atoms with E-state index in [1.54, 1.807) is 24.3 Å². The lowest BCUT2D eigenvalue weighted by molar-refractivity contribution is -0.181. The quantitative estimate of drug-likeness (QED) is 0.774. The topological polar surface area (TPSA) is 64.8 Å². The maximum absolute atomic E-state index is 12.3. The largest absolute Gasteiger partial charge is 0.399 e. The van der Waals surface area contributed by atoms with Gasteiger partial charge in [0, 0.05) is 37.2 Å². The SMILES string of the molecule is Nc1cccc(C(=O)N2CCC3(CC2)OCCO3)c1. The number of amides is 1. The van der Waals surface area contributed by atoms with Gasteiger partial charge in [-0.1, -0.05) is 6.07 Å². The Hall–Kier alpha value is -1.59. The molecular weight excluding hydrogens is 244 g/mol. The third kappa shape index (κ3) is 2.43. The van der Waals surface area contributed by atoms with Crippen molar-refractivity contribution in [1.29, 1.82) is 0 Å². The van der Waals surface area contributed by atoms with Gasteiger partial charge < -0.3 is 20.1 Å². The molecule has 0 aromatic heterocycles. The zero-order valence-corrected chi connectivity index (χ0v) is 10.8. The van der Waals surface area contributed by atoms with Crippen molar-refractivity contribution in [3.63, 3.8) is 0 Å². The van der Waals surface area contributed by atoms with Crippen LogP contribution in [0.25, 0.3) is 0 Å². The third-order valence-corrected chi connectivity index (χ3v) is 3.76. The molecule has 2 heterocycles. The molecule has 5 heteroatoms. The summed E-state index contributed by atoms with van der Waals surface area (Å²) in [6.07, 6.45) is 1.47. The molecule has 0 atom stereocenters. The van der Waals surface area contributed by atoms with Gasteiger partial charge in [0.25, 0.3) is 5.91 Å². The van der Waals surface area contributed by atoms with Crippen molar-refractivity contribution in [2.75, 3.05) is 32.0 Å². The van der Waals surface area contributed by atoms with Crippen molar-refractivity contribution < 1.29 is 14.3 Å². The Labute approximate surface area is 112 Å². The first-order valence-corrected chi connectivity index (χ1v) is 6.61. The minimum absolute atomic E-state index is 0.0279. The van der Waals surface area contributed by atoms with Gasteiger partial charge in [-0.25, -0.2) is 0 Å². The van der Waals surface area contributed by atoms with E-state index < -0.39 is 5.79 Å². The van der Waals surface area contributed by atoms with E-state index in [9.17, 15) is 4.79 Å². The molecule has 2 N–H and O–H groups in total. The fraction of sp³-hybridized carbons (Fsp3) is 0.500. The van der Waals surface area contributed by atoms with Crippen LogP contribution in [0.2, 0.25) is 0 Å². The number of benzene rings is 1. The molecule has 0 radical (unpaired) electrons. The average Bonchev–Trinajstić information content (AvgIpc) is 2.87. The monoisotopic (exact) mass is 262 g/mol. The second kappa shape index (κ2) is 4.83. The van der Waals surface area contributed by atoms with Crippen molar-refractivity contribution in [3.8, 4) is 0 Å². The number of rotatable bonds is 1. The fourth-order valence-electron chi connectivity index (χ4n) is 2.69. The lowest BCUT2D eigenvalue weighted by Gasteiger charge is -2.37. The first-order chi connectivity index (χ1) is 9.19. The summed E-state index contributed by atoms with van der Waals surface area (Å²) in [5, 5.41) is 0. The van der Waals surface area contributed by atoms with Crippen molar-refractivity contribution in [2.24, 2.45) is 0 Å². The maximum Gasteiger partial charge on any atom is 0.253 e. The summed E-state index contributed by atoms with van der Waals surface area (Å²) >= 11 is 0. The number of hydrogen-bond acceptors (Lipinski definition) is 4. The maximum atomic E-state index is 12.3. The highest BCUT2D eigenvalue weighted by Gasteiger charge is 2.40. The van der Waals surface area contributed by atoms with E-state index in [1.807, 2.05) is 4.90 Å². The van der Waals surface area contributed by atoms with Crippen LogP contribution < -0.4 is 5.73 Å². The van der Waals surface area contributed by atoms with Gasteiger partial charge in [-0.3, -0.25) is 4.79 Å². The van der Waals surface area contributed by atoms with E-state index >= 15 is 0 Å². The minimum Gasteiger partial charge on any atom is -0.399 e. The Morgan fingerprint density at radius 2 is 1.89 bits per heavy atom. The van der Waals surface area contributed by atoms with Gasteiger partial charge in [0.1, 0.15) is 0 Å². The zero-order valence-electron chi connectivity index (χ0n) is 10.8. The molecule has 19 heavy (non-hydrogen) atoms. The molecular formula is C14H18N2O3. The predicted molar refractivity (Wildman–Crippen MR) is 70.6 cm³/mol. The number of nitrogens with zero attached hydrogens (tertiary/aromatic N) is 1. The van der Waals surface area contributed by atoms with Gasteiger partial charge in [0.15, 0.2) is 5.79 Å². The highest BCUT2D eigenvalue weighted by atomic mass is 16.7. The van der Waals surface area contributed by atoms with Crippen LogP contribution in [-0.2, 0) is 9.47 Å². The number of anilines is 1. The number of nitrogens with two attached hydrogens (primary N) is 1. The van der Waals surface area contributed by atoms with E-state index in [2.05, 4.69) is 0 Å². The van der Waals surface area contributed by atoms with Gasteiger partial charge in [-0.2, -0.15) is 0 Å². The molecule has 102 valence electrons. The molecule has 0 bridgehead atoms. The van der Waals surface area contributed by atoms with Gasteiger partial charge >= 0.3 is 0 Å². The molecule has 2 aliphatic rings. The molecule has 0 saturated carbocycles. The standard InChI is InChI=1S/C14H18N2O3/c15-12-3-1-2-11(10-12)13(17)16-6-4-14(5-7-16)18-8-9-19-14/h1-3,10H,4-9,15H2. The molecule has 2 aliphatic heterocycles. The smallest absolute Gasteiger partial charge is 0.253 e. The first kappa shape index (κ1) is 12.4. The van der Waals surface area contributed by atoms with Crippen LogP contribution in [0.3, 0.4) is 0 Å². The summed E-state index contributed by atoms with van der Waals surface area (Å²) < 4.78 is 11.3. The molecule has 1 aromatic carbocycles. The minimum atomic E-state index is -0.438. The van der Waals surface area contributed by atoms with Gasteiger partial charge in [0.2, 0.25) is 0 Å². The van der Waals surface area contributed by atoms with Crippen LogP contribution in [-0.4, -0.2) is 42.9 Å². The van der Waals surface area contributed by atoms with Crippen LogP contribution >= 0.6 is 0 Å².